The van der Waals surface area contributed by atoms with E-state index in [0.717, 1.165) is 5.56 Å². The van der Waals surface area contributed by atoms with Crippen molar-refractivity contribution in [3.8, 4) is 0 Å². The third-order valence-electron chi connectivity index (χ3n) is 3.60. The number of hydrogen-bond donors (Lipinski definition) is 1. The van der Waals surface area contributed by atoms with Gasteiger partial charge in [-0.05, 0) is 40.6 Å². The van der Waals surface area contributed by atoms with Crippen molar-refractivity contribution in [1.29, 1.82) is 0 Å². The molecule has 0 aliphatic heterocycles. The lowest BCUT2D eigenvalue weighted by molar-refractivity contribution is 0.0947. The lowest BCUT2D eigenvalue weighted by atomic mass is 10.1. The molecule has 118 valence electrons. The van der Waals surface area contributed by atoms with Crippen LogP contribution in [0.2, 0.25) is 0 Å². The Balaban J connectivity index is 1.78. The van der Waals surface area contributed by atoms with Gasteiger partial charge in [0.05, 0.1) is 6.04 Å². The lowest BCUT2D eigenvalue weighted by Gasteiger charge is -2.17. The number of carbonyl (C=O) groups excluding carboxylic acids is 1. The van der Waals surface area contributed by atoms with Crippen molar-refractivity contribution >= 4 is 17.2 Å². The van der Waals surface area contributed by atoms with E-state index in [1.807, 2.05) is 29.1 Å². The van der Waals surface area contributed by atoms with Crippen molar-refractivity contribution in [2.75, 3.05) is 6.54 Å². The van der Waals surface area contributed by atoms with Crippen LogP contribution in [0.5, 0.6) is 0 Å². The fraction of sp³-hybridized carbons (Fsp3) is 0.188. The molecule has 0 aliphatic carbocycles. The van der Waals surface area contributed by atoms with E-state index in [1.165, 1.54) is 10.6 Å². The highest BCUT2D eigenvalue weighted by Gasteiger charge is 2.17. The molecule has 1 N–H and O–H groups in total. The predicted molar refractivity (Wildman–Crippen MR) is 88.7 cm³/mol. The summed E-state index contributed by atoms with van der Waals surface area (Å²) >= 11 is 1.59. The Morgan fingerprint density at radius 3 is 2.91 bits per heavy atom. The fourth-order valence-corrected chi connectivity index (χ4v) is 3.06. The van der Waals surface area contributed by atoms with E-state index in [4.69, 9.17) is 0 Å². The van der Waals surface area contributed by atoms with E-state index in [0.29, 0.717) is 6.54 Å². The monoisotopic (exact) mass is 328 g/mol. The van der Waals surface area contributed by atoms with Crippen LogP contribution in [-0.2, 0) is 7.05 Å². The highest BCUT2D eigenvalue weighted by molar-refractivity contribution is 7.07. The quantitative estimate of drug-likeness (QED) is 0.774. The van der Waals surface area contributed by atoms with E-state index < -0.39 is 0 Å². The molecule has 7 heteroatoms. The van der Waals surface area contributed by atoms with Crippen LogP contribution in [-0.4, -0.2) is 26.8 Å². The first-order chi connectivity index (χ1) is 11.2. The fourth-order valence-electron chi connectivity index (χ4n) is 2.35. The molecule has 0 saturated heterocycles. The van der Waals surface area contributed by atoms with Crippen molar-refractivity contribution in [2.45, 2.75) is 6.04 Å². The van der Waals surface area contributed by atoms with Gasteiger partial charge in [-0.1, -0.05) is 0 Å². The molecule has 0 saturated carbocycles. The highest BCUT2D eigenvalue weighted by atomic mass is 32.1. The van der Waals surface area contributed by atoms with Gasteiger partial charge in [0.15, 0.2) is 0 Å². The Bertz CT molecular complexity index is 803. The molecule has 0 aliphatic rings. The largest absolute Gasteiger partial charge is 0.349 e. The summed E-state index contributed by atoms with van der Waals surface area (Å²) in [5.41, 5.74) is 0.899. The standard InChI is InChI=1S/C16H16N4O2S/c1-19-7-2-4-13(16(19)22)15(21)17-10-14(12-5-9-23-11-12)20-8-3-6-18-20/h2-9,11,14H,10H2,1H3,(H,17,21)/t14-/m1/s1. The average Bonchev–Trinajstić information content (AvgIpc) is 3.24. The van der Waals surface area contributed by atoms with Crippen molar-refractivity contribution in [1.82, 2.24) is 19.7 Å². The van der Waals surface area contributed by atoms with E-state index in [9.17, 15) is 9.59 Å². The van der Waals surface area contributed by atoms with E-state index in [-0.39, 0.29) is 23.1 Å². The van der Waals surface area contributed by atoms with Crippen molar-refractivity contribution in [3.63, 3.8) is 0 Å². The van der Waals surface area contributed by atoms with Crippen molar-refractivity contribution in [2.24, 2.45) is 7.05 Å². The number of aromatic nitrogens is 3. The van der Waals surface area contributed by atoms with Crippen LogP contribution in [0, 0.1) is 0 Å². The summed E-state index contributed by atoms with van der Waals surface area (Å²) in [5, 5.41) is 11.1. The molecule has 0 radical (unpaired) electrons. The normalized spacial score (nSPS) is 12.0. The molecule has 0 spiro atoms. The Hall–Kier alpha value is -2.67. The van der Waals surface area contributed by atoms with Gasteiger partial charge in [0, 0.05) is 32.2 Å². The maximum atomic E-state index is 12.3. The van der Waals surface area contributed by atoms with E-state index in [1.54, 1.807) is 41.5 Å². The van der Waals surface area contributed by atoms with Crippen LogP contribution in [0.25, 0.3) is 0 Å². The second-order valence-corrected chi connectivity index (χ2v) is 5.89. The molecule has 3 heterocycles. The van der Waals surface area contributed by atoms with Gasteiger partial charge in [-0.15, -0.1) is 0 Å². The van der Waals surface area contributed by atoms with Gasteiger partial charge in [0.25, 0.3) is 11.5 Å². The number of hydrogen-bond acceptors (Lipinski definition) is 4. The Labute approximate surface area is 137 Å². The van der Waals surface area contributed by atoms with E-state index >= 15 is 0 Å². The summed E-state index contributed by atoms with van der Waals surface area (Å²) in [7, 11) is 1.62. The van der Waals surface area contributed by atoms with Crippen molar-refractivity contribution in [3.05, 3.63) is 75.1 Å². The van der Waals surface area contributed by atoms with Gasteiger partial charge in [0.1, 0.15) is 5.56 Å². The summed E-state index contributed by atoms with van der Waals surface area (Å²) in [4.78, 5) is 24.3. The maximum Gasteiger partial charge on any atom is 0.263 e. The minimum absolute atomic E-state index is 0.104. The van der Waals surface area contributed by atoms with Crippen LogP contribution in [0.15, 0.2) is 58.4 Å². The molecule has 1 amide bonds. The Kier molecular flexibility index (Phi) is 4.38. The van der Waals surface area contributed by atoms with Gasteiger partial charge in [0.2, 0.25) is 0 Å². The minimum atomic E-state index is -0.376. The van der Waals surface area contributed by atoms with Gasteiger partial charge in [-0.3, -0.25) is 14.3 Å². The summed E-state index contributed by atoms with van der Waals surface area (Å²) in [6.45, 7) is 0.356. The first kappa shape index (κ1) is 15.2. The molecule has 3 rings (SSSR count). The SMILES string of the molecule is Cn1cccc(C(=O)NC[C@H](c2ccsc2)n2cccn2)c1=O. The third-order valence-corrected chi connectivity index (χ3v) is 4.30. The molecule has 1 atom stereocenters. The van der Waals surface area contributed by atoms with Gasteiger partial charge in [-0.25, -0.2) is 0 Å². The zero-order valence-corrected chi connectivity index (χ0v) is 13.4. The Morgan fingerprint density at radius 2 is 2.22 bits per heavy atom. The molecule has 0 aromatic carbocycles. The number of amides is 1. The van der Waals surface area contributed by atoms with Crippen LogP contribution >= 0.6 is 11.3 Å². The van der Waals surface area contributed by atoms with Gasteiger partial charge < -0.3 is 9.88 Å². The molecule has 6 nitrogen and oxygen atoms in total. The number of nitrogens with one attached hydrogen (secondary N) is 1. The first-order valence-electron chi connectivity index (χ1n) is 7.12. The molecule has 0 bridgehead atoms. The number of carbonyl (C=O) groups is 1. The molecule has 3 aromatic heterocycles. The minimum Gasteiger partial charge on any atom is -0.349 e. The van der Waals surface area contributed by atoms with Crippen LogP contribution in [0.1, 0.15) is 22.0 Å². The van der Waals surface area contributed by atoms with Crippen molar-refractivity contribution < 1.29 is 4.79 Å². The number of pyridine rings is 1. The number of nitrogens with zero attached hydrogens (tertiary/aromatic N) is 3. The zero-order chi connectivity index (χ0) is 16.2. The molecular weight excluding hydrogens is 312 g/mol. The van der Waals surface area contributed by atoms with Gasteiger partial charge in [-0.2, -0.15) is 16.4 Å². The number of aryl methyl sites for hydroxylation is 1. The zero-order valence-electron chi connectivity index (χ0n) is 12.5. The topological polar surface area (TPSA) is 68.9 Å². The molecule has 0 fully saturated rings. The molecule has 23 heavy (non-hydrogen) atoms. The molecular formula is C16H16N4O2S. The maximum absolute atomic E-state index is 12.3. The summed E-state index contributed by atoms with van der Waals surface area (Å²) in [6, 6.07) is 6.96. The average molecular weight is 328 g/mol. The lowest BCUT2D eigenvalue weighted by Crippen LogP contribution is -2.35. The summed E-state index contributed by atoms with van der Waals surface area (Å²) in [5.74, 6) is -0.376. The number of thiophene rings is 1. The van der Waals surface area contributed by atoms with Crippen LogP contribution < -0.4 is 10.9 Å². The predicted octanol–water partition coefficient (Wildman–Crippen LogP) is 1.66. The highest BCUT2D eigenvalue weighted by Crippen LogP contribution is 2.19. The smallest absolute Gasteiger partial charge is 0.263 e. The van der Waals surface area contributed by atoms with E-state index in [2.05, 4.69) is 10.4 Å². The summed E-state index contributed by atoms with van der Waals surface area (Å²) < 4.78 is 3.18. The van der Waals surface area contributed by atoms with Gasteiger partial charge >= 0.3 is 0 Å². The molecule has 0 unspecified atom stereocenters. The van der Waals surface area contributed by atoms with Crippen LogP contribution in [0.3, 0.4) is 0 Å². The number of rotatable bonds is 5. The van der Waals surface area contributed by atoms with Crippen LogP contribution in [0.4, 0.5) is 0 Å². The molecule has 3 aromatic rings. The third kappa shape index (κ3) is 3.24. The Morgan fingerprint density at radius 1 is 1.35 bits per heavy atom. The summed E-state index contributed by atoms with van der Waals surface area (Å²) in [6.07, 6.45) is 5.18. The second-order valence-electron chi connectivity index (χ2n) is 5.11. The second kappa shape index (κ2) is 6.62. The first-order valence-corrected chi connectivity index (χ1v) is 8.06.